The van der Waals surface area contributed by atoms with Gasteiger partial charge in [-0.1, -0.05) is 0 Å². The van der Waals surface area contributed by atoms with Gasteiger partial charge in [0.1, 0.15) is 30.1 Å². The van der Waals surface area contributed by atoms with Crippen molar-refractivity contribution in [2.75, 3.05) is 31.1 Å². The number of pyridine rings is 1. The number of aliphatic hydroxyl groups excluding tert-OH is 1. The number of aromatic nitrogens is 1. The van der Waals surface area contributed by atoms with E-state index in [9.17, 15) is 9.50 Å². The minimum absolute atomic E-state index is 0.161. The van der Waals surface area contributed by atoms with Gasteiger partial charge < -0.3 is 20.1 Å². The molecule has 1 aromatic carbocycles. The highest BCUT2D eigenvalue weighted by atomic mass is 19.1. The molecule has 6 heteroatoms. The fourth-order valence-electron chi connectivity index (χ4n) is 2.85. The molecule has 2 heterocycles. The second-order valence-electron chi connectivity index (χ2n) is 6.27. The number of anilines is 1. The van der Waals surface area contributed by atoms with Gasteiger partial charge in [-0.05, 0) is 54.8 Å². The van der Waals surface area contributed by atoms with E-state index in [1.807, 2.05) is 12.3 Å². The van der Waals surface area contributed by atoms with Gasteiger partial charge in [0.25, 0.3) is 0 Å². The number of rotatable bonds is 8. The molecule has 1 aliphatic heterocycles. The number of aliphatic hydroxyl groups is 1. The molecule has 1 fully saturated rings. The summed E-state index contributed by atoms with van der Waals surface area (Å²) in [6, 6.07) is 9.84. The molecule has 5 nitrogen and oxygen atoms in total. The Morgan fingerprint density at radius 3 is 2.72 bits per heavy atom. The zero-order chi connectivity index (χ0) is 17.5. The van der Waals surface area contributed by atoms with Crippen LogP contribution in [0.5, 0.6) is 5.75 Å². The number of hydrogen-bond donors (Lipinski definition) is 2. The first-order valence-corrected chi connectivity index (χ1v) is 8.68. The molecule has 0 aliphatic carbocycles. The average Bonchev–Trinajstić information content (AvgIpc) is 3.16. The van der Waals surface area contributed by atoms with Gasteiger partial charge in [-0.3, -0.25) is 0 Å². The van der Waals surface area contributed by atoms with Gasteiger partial charge in [0.05, 0.1) is 0 Å². The van der Waals surface area contributed by atoms with Crippen LogP contribution in [0.15, 0.2) is 42.6 Å². The summed E-state index contributed by atoms with van der Waals surface area (Å²) in [6.07, 6.45) is 3.65. The minimum atomic E-state index is -0.634. The van der Waals surface area contributed by atoms with Crippen LogP contribution in [0.1, 0.15) is 18.4 Å². The Kier molecular flexibility index (Phi) is 6.19. The summed E-state index contributed by atoms with van der Waals surface area (Å²) >= 11 is 0. The van der Waals surface area contributed by atoms with E-state index >= 15 is 0 Å². The predicted molar refractivity (Wildman–Crippen MR) is 95.3 cm³/mol. The van der Waals surface area contributed by atoms with Crippen LogP contribution >= 0.6 is 0 Å². The highest BCUT2D eigenvalue weighted by Gasteiger charge is 2.13. The van der Waals surface area contributed by atoms with E-state index in [0.717, 1.165) is 24.5 Å². The molecule has 134 valence electrons. The lowest BCUT2D eigenvalue weighted by Crippen LogP contribution is -2.31. The van der Waals surface area contributed by atoms with Crippen LogP contribution in [-0.4, -0.2) is 42.4 Å². The van der Waals surface area contributed by atoms with Gasteiger partial charge >= 0.3 is 0 Å². The lowest BCUT2D eigenvalue weighted by molar-refractivity contribution is 0.106. The van der Waals surface area contributed by atoms with Crippen LogP contribution < -0.4 is 15.0 Å². The molecule has 0 saturated carbocycles. The normalized spacial score (nSPS) is 15.4. The number of hydrogen-bond acceptors (Lipinski definition) is 5. The number of nitrogens with one attached hydrogen (secondary N) is 1. The standard InChI is InChI=1S/C19H24FN3O2/c20-16-3-5-18(6-4-16)25-14-17(24)13-21-12-15-7-8-22-19(11-15)23-9-1-2-10-23/h3-8,11,17,21,24H,1-2,9-10,12-14H2. The summed E-state index contributed by atoms with van der Waals surface area (Å²) < 4.78 is 18.3. The molecule has 3 rings (SSSR count). The summed E-state index contributed by atoms with van der Waals surface area (Å²) in [5.41, 5.74) is 1.14. The first-order valence-electron chi connectivity index (χ1n) is 8.68. The summed E-state index contributed by atoms with van der Waals surface area (Å²) in [5, 5.41) is 13.2. The monoisotopic (exact) mass is 345 g/mol. The van der Waals surface area contributed by atoms with Crippen LogP contribution in [0.4, 0.5) is 10.2 Å². The van der Waals surface area contributed by atoms with Crippen LogP contribution in [-0.2, 0) is 6.54 Å². The summed E-state index contributed by atoms with van der Waals surface area (Å²) in [4.78, 5) is 6.74. The molecule has 2 aromatic rings. The van der Waals surface area contributed by atoms with Crippen molar-refractivity contribution in [2.45, 2.75) is 25.5 Å². The zero-order valence-electron chi connectivity index (χ0n) is 14.2. The molecular formula is C19H24FN3O2. The van der Waals surface area contributed by atoms with Crippen molar-refractivity contribution in [1.29, 1.82) is 0 Å². The Morgan fingerprint density at radius 2 is 1.96 bits per heavy atom. The molecule has 1 atom stereocenters. The molecule has 0 spiro atoms. The second-order valence-corrected chi connectivity index (χ2v) is 6.27. The second kappa shape index (κ2) is 8.78. The molecule has 25 heavy (non-hydrogen) atoms. The predicted octanol–water partition coefficient (Wildman–Crippen LogP) is 2.35. The number of benzene rings is 1. The molecule has 1 aromatic heterocycles. The molecule has 0 radical (unpaired) electrons. The topological polar surface area (TPSA) is 57.6 Å². The van der Waals surface area contributed by atoms with Gasteiger partial charge in [-0.25, -0.2) is 9.37 Å². The molecular weight excluding hydrogens is 321 g/mol. The molecule has 1 aliphatic rings. The molecule has 2 N–H and O–H groups in total. The SMILES string of the molecule is OC(CNCc1ccnc(N2CCCC2)c1)COc1ccc(F)cc1. The maximum Gasteiger partial charge on any atom is 0.128 e. The fraction of sp³-hybridized carbons (Fsp3) is 0.421. The Bertz CT molecular complexity index is 660. The number of ether oxygens (including phenoxy) is 1. The maximum absolute atomic E-state index is 12.8. The van der Waals surface area contributed by atoms with Crippen molar-refractivity contribution in [1.82, 2.24) is 10.3 Å². The third-order valence-corrected chi connectivity index (χ3v) is 4.21. The number of nitrogens with zero attached hydrogens (tertiary/aromatic N) is 2. The Balaban J connectivity index is 1.40. The van der Waals surface area contributed by atoms with Crippen LogP contribution in [0.3, 0.4) is 0 Å². The van der Waals surface area contributed by atoms with Crippen molar-refractivity contribution in [3.8, 4) is 5.75 Å². The van der Waals surface area contributed by atoms with E-state index in [1.165, 1.54) is 25.0 Å². The maximum atomic E-state index is 12.8. The summed E-state index contributed by atoms with van der Waals surface area (Å²) in [6.45, 7) is 3.39. The smallest absolute Gasteiger partial charge is 0.128 e. The Labute approximate surface area is 147 Å². The summed E-state index contributed by atoms with van der Waals surface area (Å²) in [7, 11) is 0. The van der Waals surface area contributed by atoms with E-state index in [-0.39, 0.29) is 12.4 Å². The van der Waals surface area contributed by atoms with E-state index in [0.29, 0.717) is 18.8 Å². The molecule has 0 amide bonds. The third kappa shape index (κ3) is 5.41. The van der Waals surface area contributed by atoms with Gasteiger partial charge in [0.2, 0.25) is 0 Å². The Morgan fingerprint density at radius 1 is 1.20 bits per heavy atom. The Hall–Kier alpha value is -2.18. The summed E-state index contributed by atoms with van der Waals surface area (Å²) in [5.74, 6) is 1.27. The molecule has 0 bridgehead atoms. The quantitative estimate of drug-likeness (QED) is 0.769. The van der Waals surface area contributed by atoms with Crippen molar-refractivity contribution < 1.29 is 14.2 Å². The first-order chi connectivity index (χ1) is 12.2. The van der Waals surface area contributed by atoms with Gasteiger partial charge in [0, 0.05) is 32.4 Å². The van der Waals surface area contributed by atoms with Gasteiger partial charge in [0.15, 0.2) is 0 Å². The van der Waals surface area contributed by atoms with E-state index in [4.69, 9.17) is 4.74 Å². The van der Waals surface area contributed by atoms with E-state index < -0.39 is 6.10 Å². The van der Waals surface area contributed by atoms with Gasteiger partial charge in [-0.2, -0.15) is 0 Å². The minimum Gasteiger partial charge on any atom is -0.491 e. The van der Waals surface area contributed by atoms with Gasteiger partial charge in [-0.15, -0.1) is 0 Å². The first kappa shape index (κ1) is 17.6. The van der Waals surface area contributed by atoms with Crippen molar-refractivity contribution >= 4 is 5.82 Å². The van der Waals surface area contributed by atoms with E-state index in [2.05, 4.69) is 21.3 Å². The zero-order valence-corrected chi connectivity index (χ0v) is 14.2. The third-order valence-electron chi connectivity index (χ3n) is 4.21. The lowest BCUT2D eigenvalue weighted by atomic mass is 10.2. The van der Waals surface area contributed by atoms with Crippen LogP contribution in [0.25, 0.3) is 0 Å². The highest BCUT2D eigenvalue weighted by Crippen LogP contribution is 2.18. The lowest BCUT2D eigenvalue weighted by Gasteiger charge is -2.17. The van der Waals surface area contributed by atoms with Crippen molar-refractivity contribution in [2.24, 2.45) is 0 Å². The number of halogens is 1. The van der Waals surface area contributed by atoms with E-state index in [1.54, 1.807) is 12.1 Å². The van der Waals surface area contributed by atoms with Crippen LogP contribution in [0.2, 0.25) is 0 Å². The average molecular weight is 345 g/mol. The van der Waals surface area contributed by atoms with Crippen molar-refractivity contribution in [3.05, 3.63) is 54.0 Å². The fourth-order valence-corrected chi connectivity index (χ4v) is 2.85. The molecule has 1 unspecified atom stereocenters. The largest absolute Gasteiger partial charge is 0.491 e. The molecule has 1 saturated heterocycles. The highest BCUT2D eigenvalue weighted by molar-refractivity contribution is 5.41. The van der Waals surface area contributed by atoms with Crippen molar-refractivity contribution in [3.63, 3.8) is 0 Å². The van der Waals surface area contributed by atoms with Crippen LogP contribution in [0, 0.1) is 5.82 Å².